The molecule has 4 bridgehead atoms. The summed E-state index contributed by atoms with van der Waals surface area (Å²) in [6, 6.07) is 13.0. The van der Waals surface area contributed by atoms with E-state index in [1.807, 2.05) is 19.9 Å². The van der Waals surface area contributed by atoms with E-state index in [-0.39, 0.29) is 59.8 Å². The standard InChI is InChI=1S/C68H86N2O11/c1-60(2)54-53(73)55(74)67-48-31-41(30-40-10-5-4-6-11-40)13-14-42(48)12-9-22-66(47-19-29-77-51(47)33-46(50(72)35-71)43-15-16-45-44(32-43)18-28-70-39-69-34-49(45)70)61(3,68(67)56(79-68)57(75)80-66)23-17-52(67)65(54)38-78-59(76)64(58(65)81-60)27-26-63(37-64)25-24-62(36-63)20-7-8-21-62/h4-6,10-11,18-19,28-29,41-46,48-50,52,54-56,58,69,71-72,74H,7-8,13-17,20-27,30-39H2,1-3H3/t41-,42+,43-,44+,45+,46-,48-,49-,50+,52+,54+,55+,56+,58-,61-,63-,64-,65+,66-,67-,68+/m0/s1. The molecule has 8 aliphatic carbocycles. The van der Waals surface area contributed by atoms with Crippen LogP contribution >= 0.6 is 0 Å². The Morgan fingerprint density at radius 2 is 1.70 bits per heavy atom. The Bertz CT molecular complexity index is 3010. The van der Waals surface area contributed by atoms with E-state index in [9.17, 15) is 15.3 Å². The number of Topliss-reactive ketones (excluding diaryl/α,β-unsaturated/α-hetero) is 1. The maximum atomic E-state index is 16.7. The molecule has 5 saturated heterocycles. The summed E-state index contributed by atoms with van der Waals surface area (Å²) in [4.78, 5) is 50.1. The lowest BCUT2D eigenvalue weighted by atomic mass is 9.30. The number of allylic oxidation sites excluding steroid dienone is 1. The Labute approximate surface area is 477 Å². The first-order chi connectivity index (χ1) is 39.0. The summed E-state index contributed by atoms with van der Waals surface area (Å²) in [6.45, 7) is 7.68. The number of furan rings is 1. The third kappa shape index (κ3) is 6.71. The van der Waals surface area contributed by atoms with Crippen molar-refractivity contribution in [3.05, 3.63) is 71.8 Å². The number of nitrogens with zero attached hydrogens (tertiary/aromatic N) is 1. The Hall–Kier alpha value is -4.03. The summed E-state index contributed by atoms with van der Waals surface area (Å²) < 4.78 is 35.8. The lowest BCUT2D eigenvalue weighted by Gasteiger charge is -2.72. The number of hydrogen-bond donors (Lipinski definition) is 4. The number of benzene rings is 1. The lowest BCUT2D eigenvalue weighted by Crippen LogP contribution is -2.81. The molecular formula is C68H86N2O11. The molecule has 434 valence electrons. The minimum Gasteiger partial charge on any atom is -0.469 e. The highest BCUT2D eigenvalue weighted by Gasteiger charge is 2.96. The van der Waals surface area contributed by atoms with Crippen LogP contribution in [0.3, 0.4) is 0 Å². The zero-order chi connectivity index (χ0) is 55.3. The Morgan fingerprint density at radius 3 is 2.53 bits per heavy atom. The second-order valence-corrected chi connectivity index (χ2v) is 30.5. The Kier molecular flexibility index (Phi) is 11.5. The summed E-state index contributed by atoms with van der Waals surface area (Å²) in [7, 11) is 0. The van der Waals surface area contributed by atoms with Gasteiger partial charge >= 0.3 is 11.9 Å². The maximum absolute atomic E-state index is 16.7. The molecule has 6 aliphatic heterocycles. The van der Waals surface area contributed by atoms with Crippen molar-refractivity contribution < 1.29 is 53.1 Å². The van der Waals surface area contributed by atoms with Crippen molar-refractivity contribution in [3.63, 3.8) is 0 Å². The zero-order valence-corrected chi connectivity index (χ0v) is 48.0. The van der Waals surface area contributed by atoms with Crippen molar-refractivity contribution in [1.82, 2.24) is 10.2 Å². The number of carbonyl (C=O) groups is 3. The summed E-state index contributed by atoms with van der Waals surface area (Å²) in [5, 5.41) is 40.6. The number of ether oxygens (including phenoxy) is 4. The molecule has 14 aliphatic rings. The van der Waals surface area contributed by atoms with Crippen molar-refractivity contribution in [2.24, 2.45) is 85.8 Å². The number of aliphatic hydroxyl groups is 3. The van der Waals surface area contributed by atoms with E-state index in [0.717, 1.165) is 71.0 Å². The molecule has 21 atom stereocenters. The smallest absolute Gasteiger partial charge is 0.339 e. The quantitative estimate of drug-likeness (QED) is 0.112. The van der Waals surface area contributed by atoms with E-state index in [1.165, 1.54) is 37.7 Å². The number of aliphatic hydroxyl groups excluding tert-OH is 3. The molecule has 81 heavy (non-hydrogen) atoms. The molecule has 13 heteroatoms. The van der Waals surface area contributed by atoms with Gasteiger partial charge in [-0.1, -0.05) is 68.0 Å². The fourth-order valence-corrected chi connectivity index (χ4v) is 24.1. The van der Waals surface area contributed by atoms with E-state index in [4.69, 9.17) is 23.4 Å². The maximum Gasteiger partial charge on any atom is 0.339 e. The number of esters is 2. The van der Waals surface area contributed by atoms with Gasteiger partial charge in [0.05, 0.1) is 55.1 Å². The van der Waals surface area contributed by atoms with Crippen LogP contribution in [0.2, 0.25) is 0 Å². The molecule has 13 nitrogen and oxygen atoms in total. The van der Waals surface area contributed by atoms with E-state index >= 15 is 14.4 Å². The second kappa shape index (κ2) is 17.8. The van der Waals surface area contributed by atoms with Crippen molar-refractivity contribution >= 4 is 17.7 Å². The Morgan fingerprint density at radius 1 is 0.889 bits per heavy atom. The van der Waals surface area contributed by atoms with Gasteiger partial charge in [-0.25, -0.2) is 4.79 Å². The van der Waals surface area contributed by atoms with Gasteiger partial charge in [0.15, 0.2) is 17.5 Å². The summed E-state index contributed by atoms with van der Waals surface area (Å²) in [5.74, 6) is 6.11. The number of nitrogens with one attached hydrogen (secondary N) is 1. The minimum atomic E-state index is -1.56. The predicted octanol–water partition coefficient (Wildman–Crippen LogP) is 8.74. The monoisotopic (exact) mass is 1110 g/mol. The fraction of sp³-hybridized carbons (Fsp3) is 0.750. The van der Waals surface area contributed by atoms with Gasteiger partial charge in [-0.2, -0.15) is 0 Å². The normalized spacial score (nSPS) is 48.7. The number of carbonyl (C=O) groups excluding carboxylic acids is 3. The van der Waals surface area contributed by atoms with Crippen LogP contribution in [-0.2, 0) is 51.8 Å². The molecule has 0 amide bonds. The topological polar surface area (TPSA) is 181 Å². The molecule has 1 aromatic carbocycles. The molecule has 2 aromatic rings. The van der Waals surface area contributed by atoms with Crippen LogP contribution in [-0.4, -0.2) is 106 Å². The van der Waals surface area contributed by atoms with Crippen LogP contribution in [0.15, 0.2) is 59.4 Å². The van der Waals surface area contributed by atoms with Crippen LogP contribution in [0.4, 0.5) is 0 Å². The van der Waals surface area contributed by atoms with Gasteiger partial charge in [-0.3, -0.25) is 14.9 Å². The van der Waals surface area contributed by atoms with E-state index in [2.05, 4.69) is 71.6 Å². The average molecular weight is 1110 g/mol. The SMILES string of the molecule is CC1(C)O[C@H]2[C@@]3(CC[C@]4(CCC5(CCCC5)C4)C3)C(=O)OC[C@@]23[C@@H]1C(=O)[C@@H](O)[C@]12[C@@H]3CC[C@]3(C)[C@@]14O[C@@H]4C(=O)O[C@]3(c1ccoc1C[C@@H]([C@H]1CC[C@@H]3[C@H](C=CN4CNC[C@@H]34)C1)[C@H](O)CO)CC#C[C@@H]1CC[C@@H](Cc3ccccc3)C[C@@H]12. The summed E-state index contributed by atoms with van der Waals surface area (Å²) >= 11 is 0. The molecule has 7 heterocycles. The molecule has 12 fully saturated rings. The molecule has 6 spiro atoms. The molecule has 16 rings (SSSR count). The highest BCUT2D eigenvalue weighted by molar-refractivity contribution is 5.93. The number of ketones is 1. The molecule has 0 radical (unpaired) electrons. The molecule has 7 saturated carbocycles. The minimum absolute atomic E-state index is 0.00646. The van der Waals surface area contributed by atoms with E-state index < -0.39 is 87.3 Å². The third-order valence-electron chi connectivity index (χ3n) is 27.1. The Balaban J connectivity index is 0.846. The van der Waals surface area contributed by atoms with Gasteiger partial charge in [-0.15, -0.1) is 0 Å². The van der Waals surface area contributed by atoms with Gasteiger partial charge in [0.2, 0.25) is 0 Å². The zero-order valence-electron chi connectivity index (χ0n) is 48.0. The fourth-order valence-electron chi connectivity index (χ4n) is 24.1. The number of rotatable bonds is 8. The van der Waals surface area contributed by atoms with Gasteiger partial charge in [0, 0.05) is 46.7 Å². The second-order valence-electron chi connectivity index (χ2n) is 30.5. The van der Waals surface area contributed by atoms with Crippen LogP contribution in [0, 0.1) is 97.6 Å². The summed E-state index contributed by atoms with van der Waals surface area (Å²) in [5.41, 5.74) is -6.14. The lowest BCUT2D eigenvalue weighted by molar-refractivity contribution is -0.301. The summed E-state index contributed by atoms with van der Waals surface area (Å²) in [6.07, 6.45) is 20.2. The van der Waals surface area contributed by atoms with Crippen molar-refractivity contribution in [3.8, 4) is 11.8 Å². The number of fused-ring (bicyclic) bond motifs is 5. The predicted molar refractivity (Wildman–Crippen MR) is 297 cm³/mol. The van der Waals surface area contributed by atoms with Crippen LogP contribution < -0.4 is 5.32 Å². The average Bonchev–Trinajstić information content (AvgIpc) is 1.87. The van der Waals surface area contributed by atoms with Crippen LogP contribution in [0.1, 0.15) is 160 Å². The van der Waals surface area contributed by atoms with Gasteiger partial charge < -0.3 is 43.6 Å². The molecular weight excluding hydrogens is 1020 g/mol. The number of hydrogen-bond acceptors (Lipinski definition) is 13. The first kappa shape index (κ1) is 52.5. The first-order valence-electron chi connectivity index (χ1n) is 32.0. The molecule has 4 N–H and O–H groups in total. The van der Waals surface area contributed by atoms with Crippen molar-refractivity contribution in [2.75, 3.05) is 26.4 Å². The van der Waals surface area contributed by atoms with Gasteiger partial charge in [-0.05, 0) is 193 Å². The number of cyclic esters (lactones) is 1. The number of epoxide rings is 1. The highest BCUT2D eigenvalue weighted by atomic mass is 16.7. The molecule has 1 aromatic heterocycles. The van der Waals surface area contributed by atoms with E-state index in [0.29, 0.717) is 73.1 Å². The van der Waals surface area contributed by atoms with Gasteiger partial charge in [0.1, 0.15) is 24.1 Å². The van der Waals surface area contributed by atoms with E-state index in [1.54, 1.807) is 6.26 Å². The van der Waals surface area contributed by atoms with Crippen molar-refractivity contribution in [2.45, 2.75) is 203 Å². The third-order valence-corrected chi connectivity index (χ3v) is 27.1. The highest BCUT2D eigenvalue weighted by Crippen LogP contribution is 2.85. The van der Waals surface area contributed by atoms with Gasteiger partial charge in [0.25, 0.3) is 0 Å². The van der Waals surface area contributed by atoms with Crippen LogP contribution in [0.25, 0.3) is 0 Å². The first-order valence-corrected chi connectivity index (χ1v) is 32.0. The van der Waals surface area contributed by atoms with Crippen molar-refractivity contribution in [1.29, 1.82) is 0 Å². The largest absolute Gasteiger partial charge is 0.469 e. The molecule has 0 unspecified atom stereocenters. The van der Waals surface area contributed by atoms with Crippen LogP contribution in [0.5, 0.6) is 0 Å².